The van der Waals surface area contributed by atoms with Crippen molar-refractivity contribution in [3.8, 4) is 0 Å². The van der Waals surface area contributed by atoms with Crippen LogP contribution >= 0.6 is 7.82 Å². The third-order valence-corrected chi connectivity index (χ3v) is 9.62. The van der Waals surface area contributed by atoms with Crippen LogP contribution in [0, 0.1) is 0 Å². The van der Waals surface area contributed by atoms with Gasteiger partial charge in [-0.25, -0.2) is 4.57 Å². The second-order valence-corrected chi connectivity index (χ2v) is 15.5. The van der Waals surface area contributed by atoms with Crippen LogP contribution in [0.4, 0.5) is 0 Å². The molecule has 0 bridgehead atoms. The molecule has 52 heavy (non-hydrogen) atoms. The lowest BCUT2D eigenvalue weighted by atomic mass is 10.1. The maximum absolute atomic E-state index is 12.4. The Hall–Kier alpha value is -1.73. The van der Waals surface area contributed by atoms with Crippen LogP contribution in [-0.4, -0.2) is 41.0 Å². The summed E-state index contributed by atoms with van der Waals surface area (Å²) in [6.45, 7) is 3.65. The fourth-order valence-electron chi connectivity index (χ4n) is 5.93. The Balaban J connectivity index is 3.92. The molecule has 0 unspecified atom stereocenters. The fraction of sp³-hybridized carbons (Fsp3) is 0.814. The second kappa shape index (κ2) is 39.0. The van der Waals surface area contributed by atoms with Crippen molar-refractivity contribution >= 4 is 19.8 Å². The number of hydrogen-bond acceptors (Lipinski definition) is 6. The Morgan fingerprint density at radius 2 is 0.865 bits per heavy atom. The van der Waals surface area contributed by atoms with Gasteiger partial charge in [-0.2, -0.15) is 0 Å². The van der Waals surface area contributed by atoms with Gasteiger partial charge in [-0.1, -0.05) is 159 Å². The second-order valence-electron chi connectivity index (χ2n) is 14.3. The zero-order valence-corrected chi connectivity index (χ0v) is 34.4. The predicted molar refractivity (Wildman–Crippen MR) is 216 cm³/mol. The van der Waals surface area contributed by atoms with Crippen molar-refractivity contribution in [3.63, 3.8) is 0 Å². The molecule has 0 aliphatic carbocycles. The van der Waals surface area contributed by atoms with Crippen LogP contribution in [0.1, 0.15) is 206 Å². The Morgan fingerprint density at radius 3 is 1.33 bits per heavy atom. The summed E-state index contributed by atoms with van der Waals surface area (Å²) < 4.78 is 26.4. The van der Waals surface area contributed by atoms with E-state index in [1.165, 1.54) is 103 Å². The quantitative estimate of drug-likeness (QED) is 0.0275. The van der Waals surface area contributed by atoms with Crippen molar-refractivity contribution in [2.75, 3.05) is 13.2 Å². The molecule has 304 valence electrons. The Labute approximate surface area is 319 Å². The zero-order chi connectivity index (χ0) is 38.2. The summed E-state index contributed by atoms with van der Waals surface area (Å²) in [6.07, 6.45) is 45.8. The molecule has 0 aromatic heterocycles. The number of rotatable bonds is 39. The molecular weight excluding hydrogens is 675 g/mol. The molecule has 0 aromatic rings. The first kappa shape index (κ1) is 50.3. The number of esters is 2. The van der Waals surface area contributed by atoms with E-state index in [-0.39, 0.29) is 19.4 Å². The maximum Gasteiger partial charge on any atom is 0.469 e. The van der Waals surface area contributed by atoms with Gasteiger partial charge in [0.1, 0.15) is 6.61 Å². The van der Waals surface area contributed by atoms with Gasteiger partial charge in [-0.05, 0) is 70.6 Å². The lowest BCUT2D eigenvalue weighted by Gasteiger charge is -2.18. The summed E-state index contributed by atoms with van der Waals surface area (Å²) in [5.74, 6) is -0.902. The minimum absolute atomic E-state index is 0.195. The molecule has 9 heteroatoms. The third kappa shape index (κ3) is 41.0. The van der Waals surface area contributed by atoms with Gasteiger partial charge in [0.05, 0.1) is 6.61 Å². The first-order valence-electron chi connectivity index (χ1n) is 21.3. The summed E-state index contributed by atoms with van der Waals surface area (Å²) in [5, 5.41) is 0. The molecule has 0 amide bonds. The smallest absolute Gasteiger partial charge is 0.462 e. The molecule has 0 aliphatic heterocycles. The Kier molecular flexibility index (Phi) is 37.7. The highest BCUT2D eigenvalue weighted by Crippen LogP contribution is 2.36. The van der Waals surface area contributed by atoms with Crippen LogP contribution in [0.25, 0.3) is 0 Å². The van der Waals surface area contributed by atoms with E-state index in [1.54, 1.807) is 0 Å². The minimum Gasteiger partial charge on any atom is -0.462 e. The maximum atomic E-state index is 12.4. The molecule has 2 N–H and O–H groups in total. The van der Waals surface area contributed by atoms with Crippen molar-refractivity contribution < 1.29 is 37.9 Å². The molecule has 0 saturated heterocycles. The van der Waals surface area contributed by atoms with Crippen LogP contribution in [0.3, 0.4) is 0 Å². The SMILES string of the molecule is CCCCC/C=C\C/C=C\CCCCCCCC(=O)O[C@H](COC(=O)CCCCCCCCC/C=C\CCCCCCCCCC)COP(=O)(O)O. The van der Waals surface area contributed by atoms with Crippen molar-refractivity contribution in [3.05, 3.63) is 36.5 Å². The summed E-state index contributed by atoms with van der Waals surface area (Å²) in [6, 6.07) is 0. The normalized spacial score (nSPS) is 12.8. The molecule has 0 spiro atoms. The lowest BCUT2D eigenvalue weighted by molar-refractivity contribution is -0.161. The largest absolute Gasteiger partial charge is 0.469 e. The summed E-state index contributed by atoms with van der Waals surface area (Å²) in [4.78, 5) is 42.8. The van der Waals surface area contributed by atoms with Gasteiger partial charge in [0.2, 0.25) is 0 Å². The van der Waals surface area contributed by atoms with E-state index < -0.39 is 32.5 Å². The van der Waals surface area contributed by atoms with Gasteiger partial charge < -0.3 is 19.3 Å². The third-order valence-electron chi connectivity index (χ3n) is 9.13. The van der Waals surface area contributed by atoms with Gasteiger partial charge in [0.15, 0.2) is 6.10 Å². The number of allylic oxidation sites excluding steroid dienone is 6. The molecule has 0 aliphatic rings. The standard InChI is InChI=1S/C43H79O8P/c1-3-5-7-9-11-13-15-17-19-20-21-22-24-25-27-29-31-33-35-37-42(44)49-39-41(40-50-52(46,47)48)51-43(45)38-36-34-32-30-28-26-23-18-16-14-12-10-8-6-4-2/h12,14,18,20-21,23,41H,3-11,13,15-17,19,22,24-40H2,1-2H3,(H2,46,47,48)/b14-12-,21-20-,23-18-/t41-/m1/s1. The summed E-state index contributed by atoms with van der Waals surface area (Å²) in [7, 11) is -4.76. The Bertz CT molecular complexity index is 941. The van der Waals surface area contributed by atoms with E-state index >= 15 is 0 Å². The van der Waals surface area contributed by atoms with E-state index in [1.807, 2.05) is 0 Å². The lowest BCUT2D eigenvalue weighted by Crippen LogP contribution is -2.29. The molecule has 0 rings (SSSR count). The number of unbranched alkanes of at least 4 members (excludes halogenated alkanes) is 23. The van der Waals surface area contributed by atoms with E-state index in [9.17, 15) is 14.2 Å². The average molecular weight is 755 g/mol. The van der Waals surface area contributed by atoms with Gasteiger partial charge >= 0.3 is 19.8 Å². The minimum atomic E-state index is -4.76. The van der Waals surface area contributed by atoms with Crippen LogP contribution in [0.2, 0.25) is 0 Å². The first-order valence-corrected chi connectivity index (χ1v) is 22.8. The monoisotopic (exact) mass is 755 g/mol. The van der Waals surface area contributed by atoms with Crippen molar-refractivity contribution in [2.45, 2.75) is 213 Å². The van der Waals surface area contributed by atoms with Crippen LogP contribution in [-0.2, 0) is 28.2 Å². The van der Waals surface area contributed by atoms with E-state index in [2.05, 4.69) is 54.8 Å². The summed E-state index contributed by atoms with van der Waals surface area (Å²) >= 11 is 0. The number of carbonyl (C=O) groups is 2. The van der Waals surface area contributed by atoms with Crippen molar-refractivity contribution in [1.29, 1.82) is 0 Å². The molecule has 0 radical (unpaired) electrons. The molecule has 0 saturated carbocycles. The molecular formula is C43H79O8P. The Morgan fingerprint density at radius 1 is 0.500 bits per heavy atom. The molecule has 0 fully saturated rings. The zero-order valence-electron chi connectivity index (χ0n) is 33.5. The van der Waals surface area contributed by atoms with Crippen LogP contribution in [0.5, 0.6) is 0 Å². The van der Waals surface area contributed by atoms with Crippen LogP contribution < -0.4 is 0 Å². The van der Waals surface area contributed by atoms with Crippen LogP contribution in [0.15, 0.2) is 36.5 Å². The van der Waals surface area contributed by atoms with Gasteiger partial charge in [0, 0.05) is 12.8 Å². The molecule has 8 nitrogen and oxygen atoms in total. The average Bonchev–Trinajstić information content (AvgIpc) is 3.11. The highest BCUT2D eigenvalue weighted by molar-refractivity contribution is 7.46. The fourth-order valence-corrected chi connectivity index (χ4v) is 6.29. The summed E-state index contributed by atoms with van der Waals surface area (Å²) in [5.41, 5.74) is 0. The van der Waals surface area contributed by atoms with E-state index in [4.69, 9.17) is 19.3 Å². The topological polar surface area (TPSA) is 119 Å². The van der Waals surface area contributed by atoms with E-state index in [0.717, 1.165) is 70.6 Å². The van der Waals surface area contributed by atoms with Gasteiger partial charge in [-0.3, -0.25) is 14.1 Å². The highest BCUT2D eigenvalue weighted by atomic mass is 31.2. The molecule has 1 atom stereocenters. The number of phosphoric acid groups is 1. The predicted octanol–water partition coefficient (Wildman–Crippen LogP) is 13.0. The number of hydrogen-bond donors (Lipinski definition) is 2. The first-order chi connectivity index (χ1) is 25.3. The van der Waals surface area contributed by atoms with Gasteiger partial charge in [-0.15, -0.1) is 0 Å². The number of phosphoric ester groups is 1. The van der Waals surface area contributed by atoms with Crippen molar-refractivity contribution in [1.82, 2.24) is 0 Å². The number of ether oxygens (including phenoxy) is 2. The van der Waals surface area contributed by atoms with Crippen molar-refractivity contribution in [2.24, 2.45) is 0 Å². The highest BCUT2D eigenvalue weighted by Gasteiger charge is 2.22. The molecule has 0 aromatic carbocycles. The van der Waals surface area contributed by atoms with Gasteiger partial charge in [0.25, 0.3) is 0 Å². The van der Waals surface area contributed by atoms with E-state index in [0.29, 0.717) is 6.42 Å². The number of carbonyl (C=O) groups excluding carboxylic acids is 2. The molecule has 0 heterocycles.